The van der Waals surface area contributed by atoms with Crippen molar-refractivity contribution in [1.82, 2.24) is 0 Å². The zero-order valence-corrected chi connectivity index (χ0v) is 31.9. The zero-order valence-electron chi connectivity index (χ0n) is 31.0. The third-order valence-electron chi connectivity index (χ3n) is 6.29. The van der Waals surface area contributed by atoms with Gasteiger partial charge >= 0.3 is 7.82 Å². The number of phosphoric ester groups is 1. The van der Waals surface area contributed by atoms with Crippen LogP contribution in [0.25, 0.3) is 0 Å². The highest BCUT2D eigenvalue weighted by Crippen LogP contribution is 2.42. The molecule has 2 rings (SSSR count). The highest BCUT2D eigenvalue weighted by atomic mass is 31.2. The summed E-state index contributed by atoms with van der Waals surface area (Å²) in [5.41, 5.74) is 7.05. The van der Waals surface area contributed by atoms with E-state index in [2.05, 4.69) is 0 Å². The molecule has 0 aliphatic rings. The van der Waals surface area contributed by atoms with E-state index in [-0.39, 0.29) is 33.0 Å². The maximum atomic E-state index is 11.9. The molecule has 0 atom stereocenters. The van der Waals surface area contributed by atoms with E-state index in [1.165, 1.54) is 0 Å². The molecule has 0 radical (unpaired) electrons. The summed E-state index contributed by atoms with van der Waals surface area (Å²) in [6.45, 7) is 8.75. The number of benzene rings is 2. The van der Waals surface area contributed by atoms with Gasteiger partial charge in [0.1, 0.15) is 0 Å². The highest BCUT2D eigenvalue weighted by molar-refractivity contribution is 7.47. The molecule has 0 bridgehead atoms. The van der Waals surface area contributed by atoms with Crippen LogP contribution in [-0.4, -0.2) is 155 Å². The molecule has 0 unspecified atom stereocenters. The summed E-state index contributed by atoms with van der Waals surface area (Å²) in [6, 6.07) is 20.0. The summed E-state index contributed by atoms with van der Waals surface area (Å²) in [7, 11) is -4.18. The van der Waals surface area contributed by atoms with E-state index in [1.54, 1.807) is 0 Å². The van der Waals surface area contributed by atoms with Crippen LogP contribution in [-0.2, 0) is 74.2 Å². The van der Waals surface area contributed by atoms with Crippen molar-refractivity contribution in [2.75, 3.05) is 145 Å². The van der Waals surface area contributed by atoms with Gasteiger partial charge in [-0.25, -0.2) is 4.57 Å². The van der Waals surface area contributed by atoms with Crippen molar-refractivity contribution < 1.29 is 71.0 Å². The monoisotopic (exact) mass is 779 g/mol. The van der Waals surface area contributed by atoms with Crippen molar-refractivity contribution in [2.45, 2.75) is 13.2 Å². The molecule has 53 heavy (non-hydrogen) atoms. The summed E-state index contributed by atoms with van der Waals surface area (Å²) in [5, 5.41) is 7.75. The van der Waals surface area contributed by atoms with Crippen molar-refractivity contribution in [3.8, 4) is 0 Å². The number of ether oxygens (including phenoxy) is 10. The van der Waals surface area contributed by atoms with E-state index in [9.17, 15) is 9.46 Å². The normalized spacial score (nSPS) is 11.5. The first-order valence-electron chi connectivity index (χ1n) is 17.9. The van der Waals surface area contributed by atoms with Crippen LogP contribution in [0.4, 0.5) is 0 Å². The second-order valence-electron chi connectivity index (χ2n) is 10.6. The summed E-state index contributed by atoms with van der Waals surface area (Å²) in [5.74, 6) is 0. The smallest absolute Gasteiger partial charge is 0.395 e. The van der Waals surface area contributed by atoms with Crippen LogP contribution >= 0.6 is 7.82 Å². The Balaban J connectivity index is 0.00000333. The van der Waals surface area contributed by atoms with Gasteiger partial charge in [-0.05, 0) is 11.1 Å². The Morgan fingerprint density at radius 3 is 0.887 bits per heavy atom. The summed E-state index contributed by atoms with van der Waals surface area (Å²) >= 11 is 0. The SMILES string of the molecule is NCCO.O=P(O)(OCCOCCOCCOCCOCCOCc1ccccc1)OCCOCCOCCOCCOCCOCc1ccccc1. The van der Waals surface area contributed by atoms with Crippen molar-refractivity contribution in [1.29, 1.82) is 0 Å². The fourth-order valence-corrected chi connectivity index (χ4v) is 4.43. The van der Waals surface area contributed by atoms with Crippen LogP contribution in [0.3, 0.4) is 0 Å². The molecular weight excluding hydrogens is 717 g/mol. The molecule has 0 saturated heterocycles. The van der Waals surface area contributed by atoms with Crippen LogP contribution in [0.5, 0.6) is 0 Å². The lowest BCUT2D eigenvalue weighted by Gasteiger charge is -2.12. The van der Waals surface area contributed by atoms with Gasteiger partial charge in [-0.2, -0.15) is 0 Å². The molecule has 17 heteroatoms. The summed E-state index contributed by atoms with van der Waals surface area (Å²) in [6.07, 6.45) is 0. The fraction of sp³-hybridized carbons (Fsp3) is 0.667. The Bertz CT molecular complexity index is 982. The molecular formula is C36H62NO15P. The number of rotatable bonds is 37. The molecule has 0 saturated carbocycles. The van der Waals surface area contributed by atoms with Gasteiger partial charge in [0.25, 0.3) is 0 Å². The largest absolute Gasteiger partial charge is 0.472 e. The average molecular weight is 780 g/mol. The van der Waals surface area contributed by atoms with Gasteiger partial charge in [0.05, 0.1) is 152 Å². The summed E-state index contributed by atoms with van der Waals surface area (Å²) < 4.78 is 76.1. The quantitative estimate of drug-likeness (QED) is 0.0669. The van der Waals surface area contributed by atoms with Crippen molar-refractivity contribution in [3.63, 3.8) is 0 Å². The van der Waals surface area contributed by atoms with Crippen molar-refractivity contribution in [2.24, 2.45) is 5.73 Å². The van der Waals surface area contributed by atoms with Crippen LogP contribution in [0.2, 0.25) is 0 Å². The predicted molar refractivity (Wildman–Crippen MR) is 197 cm³/mol. The first kappa shape index (κ1) is 49.1. The van der Waals surface area contributed by atoms with E-state index in [4.69, 9.17) is 67.3 Å². The van der Waals surface area contributed by atoms with Gasteiger partial charge in [0, 0.05) is 6.54 Å². The first-order chi connectivity index (χ1) is 26.1. The van der Waals surface area contributed by atoms with Crippen LogP contribution in [0.1, 0.15) is 11.1 Å². The zero-order chi connectivity index (χ0) is 38.2. The molecule has 0 fully saturated rings. The molecule has 0 amide bonds. The van der Waals surface area contributed by atoms with Crippen LogP contribution in [0, 0.1) is 0 Å². The van der Waals surface area contributed by atoms with Gasteiger partial charge in [-0.1, -0.05) is 60.7 Å². The number of aliphatic hydroxyl groups excluding tert-OH is 1. The van der Waals surface area contributed by atoms with Gasteiger partial charge in [0.15, 0.2) is 0 Å². The molecule has 0 aromatic heterocycles. The van der Waals surface area contributed by atoms with E-state index in [0.29, 0.717) is 125 Å². The number of phosphoric acid groups is 1. The fourth-order valence-electron chi connectivity index (χ4n) is 3.75. The lowest BCUT2D eigenvalue weighted by Crippen LogP contribution is -2.14. The molecule has 0 aliphatic carbocycles. The molecule has 0 aliphatic heterocycles. The second kappa shape index (κ2) is 38.3. The number of hydrogen-bond donors (Lipinski definition) is 3. The minimum Gasteiger partial charge on any atom is -0.395 e. The lowest BCUT2D eigenvalue weighted by molar-refractivity contribution is -0.0165. The Kier molecular flexibility index (Phi) is 35.5. The Labute approximate surface area is 314 Å². The van der Waals surface area contributed by atoms with Gasteiger partial charge in [-0.15, -0.1) is 0 Å². The van der Waals surface area contributed by atoms with Gasteiger partial charge < -0.3 is 63.1 Å². The number of nitrogens with two attached hydrogens (primary N) is 1. The summed E-state index contributed by atoms with van der Waals surface area (Å²) in [4.78, 5) is 9.72. The van der Waals surface area contributed by atoms with E-state index in [0.717, 1.165) is 11.1 Å². The number of hydrogen-bond acceptors (Lipinski definition) is 15. The Morgan fingerprint density at radius 2 is 0.642 bits per heavy atom. The maximum absolute atomic E-state index is 11.9. The second-order valence-corrected chi connectivity index (χ2v) is 12.1. The van der Waals surface area contributed by atoms with Gasteiger partial charge in [0.2, 0.25) is 0 Å². The molecule has 306 valence electrons. The van der Waals surface area contributed by atoms with E-state index < -0.39 is 7.82 Å². The molecule has 2 aromatic carbocycles. The standard InChI is InChI=1S/C34H55O14P.C2H7NO/c35-49(36,47-29-27-43-21-19-39-13-11-37-15-17-41-23-25-45-31-33-7-3-1-4-8-33)48-30-28-44-22-20-40-14-12-38-16-18-42-24-26-46-32-34-9-5-2-6-10-34;3-1-2-4/h1-10H,11-32H2,(H,35,36);4H,1-3H2. The third kappa shape index (κ3) is 35.5. The number of aliphatic hydroxyl groups is 1. The topological polar surface area (TPSA) is 194 Å². The van der Waals surface area contributed by atoms with Crippen molar-refractivity contribution in [3.05, 3.63) is 71.8 Å². The lowest BCUT2D eigenvalue weighted by atomic mass is 10.2. The molecule has 2 aromatic rings. The minimum absolute atomic E-state index is 0.0970. The average Bonchev–Trinajstić information content (AvgIpc) is 3.18. The van der Waals surface area contributed by atoms with Gasteiger partial charge in [-0.3, -0.25) is 9.05 Å². The van der Waals surface area contributed by atoms with E-state index in [1.807, 2.05) is 60.7 Å². The minimum atomic E-state index is -4.18. The first-order valence-corrected chi connectivity index (χ1v) is 19.3. The Morgan fingerprint density at radius 1 is 0.415 bits per heavy atom. The van der Waals surface area contributed by atoms with Crippen LogP contribution < -0.4 is 5.73 Å². The molecule has 16 nitrogen and oxygen atoms in total. The third-order valence-corrected chi connectivity index (χ3v) is 7.31. The van der Waals surface area contributed by atoms with E-state index >= 15 is 0 Å². The molecule has 4 N–H and O–H groups in total. The van der Waals surface area contributed by atoms with Crippen molar-refractivity contribution >= 4 is 7.82 Å². The highest BCUT2D eigenvalue weighted by Gasteiger charge is 2.20. The van der Waals surface area contributed by atoms with Crippen LogP contribution in [0.15, 0.2) is 60.7 Å². The predicted octanol–water partition coefficient (Wildman–Crippen LogP) is 2.62. The molecule has 0 heterocycles. The Hall–Kier alpha value is -1.93. The maximum Gasteiger partial charge on any atom is 0.472 e. The molecule has 0 spiro atoms.